The zero-order valence-corrected chi connectivity index (χ0v) is 11.3. The van der Waals surface area contributed by atoms with Crippen molar-refractivity contribution in [1.82, 2.24) is 0 Å². The molecule has 1 aromatic rings. The summed E-state index contributed by atoms with van der Waals surface area (Å²) < 4.78 is 5.18. The van der Waals surface area contributed by atoms with Gasteiger partial charge in [-0.25, -0.2) is 0 Å². The van der Waals surface area contributed by atoms with Crippen molar-refractivity contribution in [2.45, 2.75) is 13.8 Å². The van der Waals surface area contributed by atoms with Gasteiger partial charge in [0.1, 0.15) is 11.4 Å². The molecule has 0 aliphatic heterocycles. The number of hydrogen-bond acceptors (Lipinski definition) is 4. The molecule has 19 heavy (non-hydrogen) atoms. The summed E-state index contributed by atoms with van der Waals surface area (Å²) in [5, 5.41) is 13.6. The van der Waals surface area contributed by atoms with Crippen LogP contribution < -0.4 is 5.32 Å². The number of amides is 1. The van der Waals surface area contributed by atoms with Crippen molar-refractivity contribution in [3.05, 3.63) is 39.4 Å². The molecule has 0 atom stereocenters. The predicted molar refractivity (Wildman–Crippen MR) is 73.1 cm³/mol. The van der Waals surface area contributed by atoms with E-state index >= 15 is 0 Å². The number of anilines is 1. The molecule has 0 saturated heterocycles. The Morgan fingerprint density at radius 1 is 1.58 bits per heavy atom. The fourth-order valence-corrected chi connectivity index (χ4v) is 1.74. The van der Waals surface area contributed by atoms with Crippen molar-refractivity contribution in [3.8, 4) is 0 Å². The summed E-state index contributed by atoms with van der Waals surface area (Å²) in [6.07, 6.45) is 0. The Kier molecular flexibility index (Phi) is 4.88. The lowest BCUT2D eigenvalue weighted by molar-refractivity contribution is -0.384. The van der Waals surface area contributed by atoms with Crippen LogP contribution in [0.1, 0.15) is 19.4 Å². The maximum Gasteiger partial charge on any atom is 0.293 e. The molecule has 0 bridgehead atoms. The van der Waals surface area contributed by atoms with Gasteiger partial charge >= 0.3 is 0 Å². The maximum absolute atomic E-state index is 11.0. The highest BCUT2D eigenvalue weighted by atomic mass is 35.5. The number of carbonyl (C=O) groups is 1. The first kappa shape index (κ1) is 15.0. The van der Waals surface area contributed by atoms with Crippen LogP contribution >= 0.6 is 11.6 Å². The third kappa shape index (κ3) is 3.69. The Morgan fingerprint density at radius 2 is 2.21 bits per heavy atom. The third-order valence-corrected chi connectivity index (χ3v) is 2.52. The summed E-state index contributed by atoms with van der Waals surface area (Å²) in [6.45, 7) is 7.04. The summed E-state index contributed by atoms with van der Waals surface area (Å²) >= 11 is 6.01. The van der Waals surface area contributed by atoms with Gasteiger partial charge in [-0.3, -0.25) is 14.9 Å². The summed E-state index contributed by atoms with van der Waals surface area (Å²) in [5.74, 6) is -0.180. The number of hydrogen-bond donors (Lipinski definition) is 1. The van der Waals surface area contributed by atoms with Crippen LogP contribution in [-0.4, -0.2) is 17.4 Å². The Hall–Kier alpha value is -2.08. The molecular weight excluding hydrogens is 272 g/mol. The van der Waals surface area contributed by atoms with E-state index in [-0.39, 0.29) is 22.2 Å². The second-order valence-corrected chi connectivity index (χ2v) is 4.05. The SMILES string of the molecule is C=C(OCC)c1cc([N+](=O)[O-])c(NC(C)=O)cc1Cl. The van der Waals surface area contributed by atoms with Crippen LogP contribution in [0, 0.1) is 10.1 Å². The number of nitro groups is 1. The van der Waals surface area contributed by atoms with Crippen LogP contribution in [0.25, 0.3) is 5.76 Å². The second kappa shape index (κ2) is 6.19. The number of benzene rings is 1. The molecule has 0 unspecified atom stereocenters. The van der Waals surface area contributed by atoms with Crippen molar-refractivity contribution in [3.63, 3.8) is 0 Å². The molecule has 0 heterocycles. The fourth-order valence-electron chi connectivity index (χ4n) is 1.47. The molecule has 0 spiro atoms. The summed E-state index contributed by atoms with van der Waals surface area (Å²) in [4.78, 5) is 21.4. The van der Waals surface area contributed by atoms with Gasteiger partial charge in [0.05, 0.1) is 16.6 Å². The third-order valence-electron chi connectivity index (χ3n) is 2.21. The van der Waals surface area contributed by atoms with Gasteiger partial charge in [-0.2, -0.15) is 0 Å². The zero-order chi connectivity index (χ0) is 14.6. The quantitative estimate of drug-likeness (QED) is 0.511. The van der Waals surface area contributed by atoms with E-state index in [2.05, 4.69) is 11.9 Å². The first-order chi connectivity index (χ1) is 8.86. The molecule has 0 radical (unpaired) electrons. The van der Waals surface area contributed by atoms with Gasteiger partial charge in [0.15, 0.2) is 0 Å². The highest BCUT2D eigenvalue weighted by Gasteiger charge is 2.20. The molecule has 1 N–H and O–H groups in total. The normalized spacial score (nSPS) is 9.84. The molecule has 0 saturated carbocycles. The van der Waals surface area contributed by atoms with Gasteiger partial charge in [0, 0.05) is 18.6 Å². The van der Waals surface area contributed by atoms with Gasteiger partial charge in [-0.05, 0) is 13.0 Å². The van der Waals surface area contributed by atoms with Crippen LogP contribution in [0.15, 0.2) is 18.7 Å². The van der Waals surface area contributed by atoms with E-state index in [4.69, 9.17) is 16.3 Å². The highest BCUT2D eigenvalue weighted by Crippen LogP contribution is 2.34. The van der Waals surface area contributed by atoms with Crippen molar-refractivity contribution in [1.29, 1.82) is 0 Å². The van der Waals surface area contributed by atoms with E-state index in [0.29, 0.717) is 12.2 Å². The highest BCUT2D eigenvalue weighted by molar-refractivity contribution is 6.32. The van der Waals surface area contributed by atoms with Crippen molar-refractivity contribution in [2.24, 2.45) is 0 Å². The summed E-state index contributed by atoms with van der Waals surface area (Å²) in [6, 6.07) is 2.53. The van der Waals surface area contributed by atoms with Gasteiger partial charge in [0.25, 0.3) is 5.69 Å². The average Bonchev–Trinajstić information content (AvgIpc) is 2.27. The summed E-state index contributed by atoms with van der Waals surface area (Å²) in [5.41, 5.74) is 0.0929. The number of nitrogens with zero attached hydrogens (tertiary/aromatic N) is 1. The smallest absolute Gasteiger partial charge is 0.293 e. The second-order valence-electron chi connectivity index (χ2n) is 3.64. The lowest BCUT2D eigenvalue weighted by Gasteiger charge is -2.11. The molecule has 0 aliphatic rings. The van der Waals surface area contributed by atoms with E-state index in [1.165, 1.54) is 19.1 Å². The molecule has 1 rings (SSSR count). The number of halogens is 1. The Morgan fingerprint density at radius 3 is 2.68 bits per heavy atom. The number of rotatable bonds is 5. The molecule has 1 aromatic carbocycles. The molecule has 0 aliphatic carbocycles. The van der Waals surface area contributed by atoms with Crippen LogP contribution in [0.4, 0.5) is 11.4 Å². The summed E-state index contributed by atoms with van der Waals surface area (Å²) in [7, 11) is 0. The first-order valence-corrected chi connectivity index (χ1v) is 5.82. The van der Waals surface area contributed by atoms with Crippen LogP contribution in [0.5, 0.6) is 0 Å². The van der Waals surface area contributed by atoms with Gasteiger partial charge in [-0.15, -0.1) is 0 Å². The largest absolute Gasteiger partial charge is 0.494 e. The first-order valence-electron chi connectivity index (χ1n) is 5.44. The van der Waals surface area contributed by atoms with Crippen LogP contribution in [0.3, 0.4) is 0 Å². The number of carbonyl (C=O) groups excluding carboxylic acids is 1. The topological polar surface area (TPSA) is 81.5 Å². The minimum Gasteiger partial charge on any atom is -0.494 e. The number of nitrogens with one attached hydrogen (secondary N) is 1. The van der Waals surface area contributed by atoms with Crippen LogP contribution in [0.2, 0.25) is 5.02 Å². The van der Waals surface area contributed by atoms with Crippen molar-refractivity contribution in [2.75, 3.05) is 11.9 Å². The standard InChI is InChI=1S/C12H13ClN2O4/c1-4-19-7(2)9-5-12(15(17)18)11(6-10(9)13)14-8(3)16/h5-6H,2,4H2,1,3H3,(H,14,16). The average molecular weight is 285 g/mol. The molecular formula is C12H13ClN2O4. The molecule has 7 heteroatoms. The van der Waals surface area contributed by atoms with Crippen molar-refractivity contribution >= 4 is 34.6 Å². The lowest BCUT2D eigenvalue weighted by Crippen LogP contribution is -2.08. The van der Waals surface area contributed by atoms with Crippen LogP contribution in [-0.2, 0) is 9.53 Å². The monoisotopic (exact) mass is 284 g/mol. The number of nitro benzene ring substituents is 1. The lowest BCUT2D eigenvalue weighted by atomic mass is 10.1. The van der Waals surface area contributed by atoms with E-state index in [9.17, 15) is 14.9 Å². The van der Waals surface area contributed by atoms with E-state index in [1.54, 1.807) is 6.92 Å². The van der Waals surface area contributed by atoms with E-state index in [1.807, 2.05) is 0 Å². The molecule has 102 valence electrons. The molecule has 1 amide bonds. The zero-order valence-electron chi connectivity index (χ0n) is 10.5. The van der Waals surface area contributed by atoms with E-state index in [0.717, 1.165) is 0 Å². The van der Waals surface area contributed by atoms with Gasteiger partial charge in [-0.1, -0.05) is 18.2 Å². The van der Waals surface area contributed by atoms with E-state index < -0.39 is 10.8 Å². The maximum atomic E-state index is 11.0. The molecule has 6 nitrogen and oxygen atoms in total. The Bertz CT molecular complexity index is 543. The van der Waals surface area contributed by atoms with Gasteiger partial charge < -0.3 is 10.1 Å². The molecule has 0 fully saturated rings. The minimum absolute atomic E-state index is 0.0375. The Balaban J connectivity index is 3.31. The number of ether oxygens (including phenoxy) is 1. The van der Waals surface area contributed by atoms with Gasteiger partial charge in [0.2, 0.25) is 5.91 Å². The fraction of sp³-hybridized carbons (Fsp3) is 0.250. The van der Waals surface area contributed by atoms with Crippen molar-refractivity contribution < 1.29 is 14.5 Å². The minimum atomic E-state index is -0.607. The predicted octanol–water partition coefficient (Wildman–Crippen LogP) is 3.21. The Labute approximate surface area is 115 Å². The molecule has 0 aromatic heterocycles.